The number of hydrogen-bond donors (Lipinski definition) is 0. The Labute approximate surface area is 174 Å². The Bertz CT molecular complexity index is 630. The average Bonchev–Trinajstić information content (AvgIpc) is 2.98. The summed E-state index contributed by atoms with van der Waals surface area (Å²) in [5.41, 5.74) is 2.40. The van der Waals surface area contributed by atoms with Crippen LogP contribution >= 0.6 is 0 Å². The molecule has 4 aliphatic carbocycles. The maximum absolute atomic E-state index is 12.4. The Morgan fingerprint density at radius 2 is 1.82 bits per heavy atom. The smallest absolute Gasteiger partial charge is 0.134 e. The minimum Gasteiger partial charge on any atom is -0.300 e. The van der Waals surface area contributed by atoms with E-state index in [1.54, 1.807) is 5.57 Å². The highest BCUT2D eigenvalue weighted by Crippen LogP contribution is 2.67. The van der Waals surface area contributed by atoms with Gasteiger partial charge in [-0.25, -0.2) is 0 Å². The monoisotopic (exact) mass is 384 g/mol. The summed E-state index contributed by atoms with van der Waals surface area (Å²) in [6, 6.07) is 0. The SMILES string of the molecule is CC(C)CCC[C@@H](C)[C@H]1CC[C@H]2[C@@H]3CC=C4CCC(=O)C[C@]4(C)[C@H]3CC[C@]12C. The Morgan fingerprint density at radius 3 is 2.57 bits per heavy atom. The molecule has 1 nitrogen and oxygen atoms in total. The molecule has 1 heteroatoms. The highest BCUT2D eigenvalue weighted by atomic mass is 16.1. The first-order valence-electron chi connectivity index (χ1n) is 12.5. The van der Waals surface area contributed by atoms with E-state index < -0.39 is 0 Å². The van der Waals surface area contributed by atoms with Gasteiger partial charge >= 0.3 is 0 Å². The van der Waals surface area contributed by atoms with Crippen LogP contribution in [0.2, 0.25) is 0 Å². The molecule has 0 heterocycles. The minimum absolute atomic E-state index is 0.195. The van der Waals surface area contributed by atoms with Gasteiger partial charge < -0.3 is 0 Å². The third-order valence-corrected chi connectivity index (χ3v) is 10.1. The molecule has 0 aromatic carbocycles. The lowest BCUT2D eigenvalue weighted by atomic mass is 9.47. The van der Waals surface area contributed by atoms with Crippen molar-refractivity contribution in [3.8, 4) is 0 Å². The van der Waals surface area contributed by atoms with E-state index in [2.05, 4.69) is 40.7 Å². The van der Waals surface area contributed by atoms with Gasteiger partial charge in [0.2, 0.25) is 0 Å². The second-order valence-corrected chi connectivity index (χ2v) is 12.0. The molecular formula is C27H44O. The fourth-order valence-electron chi connectivity index (χ4n) is 8.59. The molecule has 0 N–H and O–H groups in total. The number of allylic oxidation sites excluding steroid dienone is 2. The normalized spacial score (nSPS) is 43.9. The highest BCUT2D eigenvalue weighted by Gasteiger charge is 2.59. The van der Waals surface area contributed by atoms with Crippen molar-refractivity contribution in [2.24, 2.45) is 46.3 Å². The standard InChI is InChI=1S/C27H44O/c1-18(2)7-6-8-19(3)23-13-14-24-22-12-10-20-9-11-21(28)17-27(20,5)25(22)15-16-26(23,24)4/h10,18-19,22-25H,6-9,11-17H2,1-5H3/t19-,22+,23-,24+,25+,26-,27+/m1/s1. The van der Waals surface area contributed by atoms with E-state index in [-0.39, 0.29) is 5.41 Å². The number of rotatable bonds is 5. The molecular weight excluding hydrogens is 340 g/mol. The second kappa shape index (κ2) is 7.59. The molecule has 0 bridgehead atoms. The maximum atomic E-state index is 12.4. The van der Waals surface area contributed by atoms with Crippen LogP contribution in [0.1, 0.15) is 105 Å². The summed E-state index contributed by atoms with van der Waals surface area (Å²) in [6.45, 7) is 12.4. The van der Waals surface area contributed by atoms with E-state index >= 15 is 0 Å². The van der Waals surface area contributed by atoms with Crippen LogP contribution in [0.15, 0.2) is 11.6 Å². The van der Waals surface area contributed by atoms with Crippen LogP contribution in [-0.2, 0) is 4.79 Å². The summed E-state index contributed by atoms with van der Waals surface area (Å²) in [5.74, 6) is 5.68. The zero-order valence-electron chi connectivity index (χ0n) is 19.2. The Balaban J connectivity index is 1.50. The fraction of sp³-hybridized carbons (Fsp3) is 0.889. The number of carbonyl (C=O) groups is 1. The molecule has 0 radical (unpaired) electrons. The van der Waals surface area contributed by atoms with Crippen LogP contribution in [0.25, 0.3) is 0 Å². The quantitative estimate of drug-likeness (QED) is 0.446. The molecule has 0 aliphatic heterocycles. The van der Waals surface area contributed by atoms with E-state index in [1.165, 1.54) is 51.4 Å². The number of ketones is 1. The fourth-order valence-corrected chi connectivity index (χ4v) is 8.59. The van der Waals surface area contributed by atoms with Crippen molar-refractivity contribution in [3.63, 3.8) is 0 Å². The van der Waals surface area contributed by atoms with Crippen LogP contribution in [-0.4, -0.2) is 5.78 Å². The van der Waals surface area contributed by atoms with Crippen molar-refractivity contribution in [2.75, 3.05) is 0 Å². The highest BCUT2D eigenvalue weighted by molar-refractivity contribution is 5.81. The number of Topliss-reactive ketones (excluding diaryl/α,β-unsaturated/α-hetero) is 1. The van der Waals surface area contributed by atoms with Gasteiger partial charge in [0, 0.05) is 12.8 Å². The molecule has 0 saturated heterocycles. The average molecular weight is 385 g/mol. The summed E-state index contributed by atoms with van der Waals surface area (Å²) < 4.78 is 0. The van der Waals surface area contributed by atoms with Crippen LogP contribution in [0.5, 0.6) is 0 Å². The minimum atomic E-state index is 0.195. The van der Waals surface area contributed by atoms with E-state index in [9.17, 15) is 4.79 Å². The number of fused-ring (bicyclic) bond motifs is 5. The lowest BCUT2D eigenvalue weighted by molar-refractivity contribution is -0.125. The van der Waals surface area contributed by atoms with Crippen LogP contribution in [0.4, 0.5) is 0 Å². The largest absolute Gasteiger partial charge is 0.300 e. The molecule has 0 amide bonds. The molecule has 0 aromatic heterocycles. The molecule has 28 heavy (non-hydrogen) atoms. The summed E-state index contributed by atoms with van der Waals surface area (Å²) in [5, 5.41) is 0. The first-order valence-corrected chi connectivity index (χ1v) is 12.5. The molecule has 4 rings (SSSR count). The summed E-state index contributed by atoms with van der Waals surface area (Å²) >= 11 is 0. The van der Waals surface area contributed by atoms with Gasteiger partial charge in [0.15, 0.2) is 0 Å². The van der Waals surface area contributed by atoms with Crippen LogP contribution in [0.3, 0.4) is 0 Å². The summed E-state index contributed by atoms with van der Waals surface area (Å²) in [7, 11) is 0. The first kappa shape index (κ1) is 20.7. The lowest BCUT2D eigenvalue weighted by Gasteiger charge is -2.57. The van der Waals surface area contributed by atoms with Crippen molar-refractivity contribution >= 4 is 5.78 Å². The zero-order chi connectivity index (χ0) is 20.1. The second-order valence-electron chi connectivity index (χ2n) is 12.0. The zero-order valence-corrected chi connectivity index (χ0v) is 19.2. The van der Waals surface area contributed by atoms with Crippen molar-refractivity contribution in [3.05, 3.63) is 11.6 Å². The number of carbonyl (C=O) groups excluding carboxylic acids is 1. The van der Waals surface area contributed by atoms with Crippen molar-refractivity contribution in [2.45, 2.75) is 105 Å². The molecule has 0 unspecified atom stereocenters. The van der Waals surface area contributed by atoms with Gasteiger partial charge in [-0.05, 0) is 84.9 Å². The predicted octanol–water partition coefficient (Wildman–Crippen LogP) is 7.60. The molecule has 3 fully saturated rings. The van der Waals surface area contributed by atoms with E-state index in [0.29, 0.717) is 11.2 Å². The van der Waals surface area contributed by atoms with Crippen molar-refractivity contribution in [1.82, 2.24) is 0 Å². The van der Waals surface area contributed by atoms with Gasteiger partial charge in [-0.2, -0.15) is 0 Å². The lowest BCUT2D eigenvalue weighted by Crippen LogP contribution is -2.50. The Hall–Kier alpha value is -0.590. The van der Waals surface area contributed by atoms with Crippen molar-refractivity contribution in [1.29, 1.82) is 0 Å². The van der Waals surface area contributed by atoms with Gasteiger partial charge in [-0.3, -0.25) is 4.79 Å². The van der Waals surface area contributed by atoms with E-state index in [4.69, 9.17) is 0 Å². The molecule has 0 spiro atoms. The van der Waals surface area contributed by atoms with Gasteiger partial charge in [0.1, 0.15) is 5.78 Å². The van der Waals surface area contributed by atoms with Gasteiger partial charge in [0.25, 0.3) is 0 Å². The molecule has 0 aromatic rings. The first-order chi connectivity index (χ1) is 13.3. The predicted molar refractivity (Wildman–Crippen MR) is 118 cm³/mol. The molecule has 4 aliphatic rings. The Morgan fingerprint density at radius 1 is 1.04 bits per heavy atom. The third-order valence-electron chi connectivity index (χ3n) is 10.1. The van der Waals surface area contributed by atoms with Crippen molar-refractivity contribution < 1.29 is 4.79 Å². The molecule has 158 valence electrons. The maximum Gasteiger partial charge on any atom is 0.134 e. The van der Waals surface area contributed by atoms with E-state index in [1.807, 2.05) is 0 Å². The molecule has 3 saturated carbocycles. The number of hydrogen-bond acceptors (Lipinski definition) is 1. The van der Waals surface area contributed by atoms with E-state index in [0.717, 1.165) is 54.8 Å². The summed E-state index contributed by atoms with van der Waals surface area (Å²) in [6.07, 6.45) is 16.5. The van der Waals surface area contributed by atoms with Gasteiger partial charge in [0.05, 0.1) is 0 Å². The Kier molecular flexibility index (Phi) is 5.60. The summed E-state index contributed by atoms with van der Waals surface area (Å²) in [4.78, 5) is 12.4. The van der Waals surface area contributed by atoms with Gasteiger partial charge in [-0.1, -0.05) is 65.5 Å². The van der Waals surface area contributed by atoms with Crippen LogP contribution in [0, 0.1) is 46.3 Å². The molecule has 7 atom stereocenters. The van der Waals surface area contributed by atoms with Gasteiger partial charge in [-0.15, -0.1) is 0 Å². The third kappa shape index (κ3) is 3.33. The van der Waals surface area contributed by atoms with Crippen LogP contribution < -0.4 is 0 Å². The topological polar surface area (TPSA) is 17.1 Å².